The fourth-order valence-electron chi connectivity index (χ4n) is 4.98. The van der Waals surface area contributed by atoms with Crippen molar-refractivity contribution in [2.24, 2.45) is 0 Å². The largest absolute Gasteiger partial charge is 0.416 e. The van der Waals surface area contributed by atoms with Gasteiger partial charge in [-0.1, -0.05) is 97.2 Å². The van der Waals surface area contributed by atoms with Crippen molar-refractivity contribution in [3.8, 4) is 0 Å². The molecule has 0 aliphatic rings. The fourth-order valence-corrected chi connectivity index (χ4v) is 6.73. The lowest BCUT2D eigenvalue weighted by Crippen LogP contribution is -2.53. The van der Waals surface area contributed by atoms with Gasteiger partial charge in [-0.3, -0.25) is 13.9 Å². The molecule has 0 heterocycles. The molecule has 0 saturated carbocycles. The number of halogens is 5. The number of carbonyl (C=O) groups is 2. The summed E-state index contributed by atoms with van der Waals surface area (Å²) in [6.07, 6.45) is -3.22. The number of nitrogens with one attached hydrogen (secondary N) is 1. The van der Waals surface area contributed by atoms with Gasteiger partial charge in [0, 0.05) is 19.5 Å². The monoisotopic (exact) mass is 719 g/mol. The molecule has 0 spiro atoms. The molecule has 7 nitrogen and oxygen atoms in total. The Bertz CT molecular complexity index is 1810. The second kappa shape index (κ2) is 16.4. The first kappa shape index (κ1) is 36.8. The van der Waals surface area contributed by atoms with Crippen molar-refractivity contribution in [3.05, 3.63) is 130 Å². The zero-order valence-corrected chi connectivity index (χ0v) is 28.3. The van der Waals surface area contributed by atoms with Gasteiger partial charge in [-0.25, -0.2) is 8.42 Å². The van der Waals surface area contributed by atoms with E-state index in [0.29, 0.717) is 28.9 Å². The molecule has 254 valence electrons. The van der Waals surface area contributed by atoms with E-state index in [-0.39, 0.29) is 33.6 Å². The molecule has 1 N–H and O–H groups in total. The molecule has 13 heteroatoms. The van der Waals surface area contributed by atoms with Gasteiger partial charge < -0.3 is 10.2 Å². The summed E-state index contributed by atoms with van der Waals surface area (Å²) >= 11 is 12.4. The van der Waals surface area contributed by atoms with Crippen LogP contribution in [0.5, 0.6) is 0 Å². The molecular weight excluding hydrogens is 686 g/mol. The number of rotatable bonds is 14. The van der Waals surface area contributed by atoms with Crippen LogP contribution in [0.2, 0.25) is 10.0 Å². The van der Waals surface area contributed by atoms with Gasteiger partial charge in [0.1, 0.15) is 12.6 Å². The van der Waals surface area contributed by atoms with Crippen molar-refractivity contribution in [3.63, 3.8) is 0 Å². The predicted octanol–water partition coefficient (Wildman–Crippen LogP) is 7.76. The third-order valence-electron chi connectivity index (χ3n) is 7.51. The summed E-state index contributed by atoms with van der Waals surface area (Å²) < 4.78 is 70.0. The van der Waals surface area contributed by atoms with Gasteiger partial charge in [0.2, 0.25) is 11.8 Å². The maximum Gasteiger partial charge on any atom is 0.416 e. The fraction of sp³-hybridized carbons (Fsp3) is 0.257. The molecule has 0 aliphatic heterocycles. The zero-order chi connectivity index (χ0) is 34.9. The van der Waals surface area contributed by atoms with E-state index in [1.165, 1.54) is 47.4 Å². The van der Waals surface area contributed by atoms with Crippen LogP contribution >= 0.6 is 23.2 Å². The molecule has 0 aromatic heterocycles. The zero-order valence-electron chi connectivity index (χ0n) is 26.0. The lowest BCUT2D eigenvalue weighted by Gasteiger charge is -2.34. The summed E-state index contributed by atoms with van der Waals surface area (Å²) in [5, 5.41) is 3.34. The summed E-state index contributed by atoms with van der Waals surface area (Å²) in [6.45, 7) is 1.21. The quantitative estimate of drug-likeness (QED) is 0.135. The Morgan fingerprint density at radius 3 is 2.12 bits per heavy atom. The van der Waals surface area contributed by atoms with E-state index in [1.54, 1.807) is 42.5 Å². The second-order valence-corrected chi connectivity index (χ2v) is 13.7. The van der Waals surface area contributed by atoms with E-state index < -0.39 is 46.2 Å². The smallest absolute Gasteiger partial charge is 0.354 e. The number of hydrogen-bond donors (Lipinski definition) is 1. The van der Waals surface area contributed by atoms with Gasteiger partial charge in [0.25, 0.3) is 10.0 Å². The Morgan fingerprint density at radius 2 is 1.50 bits per heavy atom. The molecule has 48 heavy (non-hydrogen) atoms. The van der Waals surface area contributed by atoms with Crippen molar-refractivity contribution in [1.82, 2.24) is 10.2 Å². The molecule has 4 rings (SSSR count). The number of alkyl halides is 3. The van der Waals surface area contributed by atoms with Crippen LogP contribution in [0, 0.1) is 0 Å². The van der Waals surface area contributed by atoms with Crippen LogP contribution in [-0.4, -0.2) is 44.3 Å². The highest BCUT2D eigenvalue weighted by molar-refractivity contribution is 7.92. The highest BCUT2D eigenvalue weighted by Gasteiger charge is 2.36. The lowest BCUT2D eigenvalue weighted by atomic mass is 10.0. The van der Waals surface area contributed by atoms with Gasteiger partial charge >= 0.3 is 6.18 Å². The van der Waals surface area contributed by atoms with Crippen molar-refractivity contribution >= 4 is 50.7 Å². The van der Waals surface area contributed by atoms with Crippen molar-refractivity contribution in [2.45, 2.75) is 49.8 Å². The first-order chi connectivity index (χ1) is 22.8. The van der Waals surface area contributed by atoms with Gasteiger partial charge in [-0.2, -0.15) is 13.2 Å². The van der Waals surface area contributed by atoms with E-state index in [9.17, 15) is 31.2 Å². The highest BCUT2D eigenvalue weighted by Crippen LogP contribution is 2.33. The molecule has 0 radical (unpaired) electrons. The average Bonchev–Trinajstić information content (AvgIpc) is 3.07. The summed E-state index contributed by atoms with van der Waals surface area (Å²) in [6, 6.07) is 23.4. The number of carbonyl (C=O) groups excluding carboxylic acids is 2. The maximum absolute atomic E-state index is 14.5. The van der Waals surface area contributed by atoms with Crippen LogP contribution in [0.15, 0.2) is 108 Å². The molecule has 2 amide bonds. The number of anilines is 1. The number of sulfonamides is 1. The number of unbranched alkanes of at least 4 members (excludes halogenated alkanes) is 1. The topological polar surface area (TPSA) is 86.8 Å². The highest BCUT2D eigenvalue weighted by atomic mass is 35.5. The number of hydrogen-bond acceptors (Lipinski definition) is 4. The molecule has 0 saturated heterocycles. The second-order valence-electron chi connectivity index (χ2n) is 11.0. The van der Waals surface area contributed by atoms with Crippen LogP contribution in [0.3, 0.4) is 0 Å². The van der Waals surface area contributed by atoms with Gasteiger partial charge in [-0.05, 0) is 60.0 Å². The Labute approximate surface area is 288 Å². The molecule has 1 atom stereocenters. The summed E-state index contributed by atoms with van der Waals surface area (Å²) in [5.41, 5.74) is -0.241. The molecule has 4 aromatic rings. The lowest BCUT2D eigenvalue weighted by molar-refractivity contribution is -0.140. The minimum Gasteiger partial charge on any atom is -0.354 e. The van der Waals surface area contributed by atoms with E-state index in [1.807, 2.05) is 6.92 Å². The first-order valence-electron chi connectivity index (χ1n) is 15.1. The van der Waals surface area contributed by atoms with Crippen LogP contribution in [0.25, 0.3) is 0 Å². The summed E-state index contributed by atoms with van der Waals surface area (Å²) in [5.74, 6) is -1.30. The number of nitrogens with zero attached hydrogens (tertiary/aromatic N) is 2. The van der Waals surface area contributed by atoms with E-state index in [4.69, 9.17) is 23.2 Å². The van der Waals surface area contributed by atoms with Crippen molar-refractivity contribution < 1.29 is 31.2 Å². The molecule has 0 bridgehead atoms. The van der Waals surface area contributed by atoms with E-state index in [2.05, 4.69) is 5.32 Å². The van der Waals surface area contributed by atoms with E-state index >= 15 is 0 Å². The molecular formula is C35H34Cl2F3N3O4S. The summed E-state index contributed by atoms with van der Waals surface area (Å²) in [4.78, 5) is 29.3. The van der Waals surface area contributed by atoms with Gasteiger partial charge in [0.15, 0.2) is 0 Å². The Balaban J connectivity index is 1.84. The normalized spacial score (nSPS) is 12.3. The van der Waals surface area contributed by atoms with E-state index in [0.717, 1.165) is 24.1 Å². The Kier molecular flexibility index (Phi) is 12.5. The Morgan fingerprint density at radius 1 is 0.833 bits per heavy atom. The van der Waals surface area contributed by atoms with Crippen LogP contribution in [0.1, 0.15) is 36.5 Å². The standard InChI is InChI=1S/C35H34Cl2F3N3O4S/c1-2-3-19-41-34(45)32(21-25-11-6-4-7-12-25)42(23-26-17-18-30(36)31(37)20-26)33(44)24-43(48(46,47)29-15-8-5-9-16-29)28-14-10-13-27(22-28)35(38,39)40/h4-18,20,22,32H,2-3,19,21,23-24H2,1H3,(H,41,45)/t32-/m1/s1. The Hall–Kier alpha value is -4.06. The molecule has 4 aromatic carbocycles. The predicted molar refractivity (Wildman–Crippen MR) is 181 cm³/mol. The maximum atomic E-state index is 14.5. The van der Waals surface area contributed by atoms with Crippen LogP contribution in [-0.2, 0) is 38.8 Å². The SMILES string of the molecule is CCCCNC(=O)[C@@H](Cc1ccccc1)N(Cc1ccc(Cl)c(Cl)c1)C(=O)CN(c1cccc(C(F)(F)F)c1)S(=O)(=O)c1ccccc1. The number of benzene rings is 4. The molecule has 0 aliphatic carbocycles. The third-order valence-corrected chi connectivity index (χ3v) is 10.0. The number of amides is 2. The average molecular weight is 721 g/mol. The van der Waals surface area contributed by atoms with Crippen LogP contribution < -0.4 is 9.62 Å². The minimum absolute atomic E-state index is 0.0703. The third kappa shape index (κ3) is 9.52. The summed E-state index contributed by atoms with van der Waals surface area (Å²) in [7, 11) is -4.57. The van der Waals surface area contributed by atoms with Gasteiger partial charge in [-0.15, -0.1) is 0 Å². The molecule has 0 unspecified atom stereocenters. The first-order valence-corrected chi connectivity index (χ1v) is 17.3. The minimum atomic E-state index is -4.78. The molecule has 0 fully saturated rings. The van der Waals surface area contributed by atoms with Crippen LogP contribution in [0.4, 0.5) is 18.9 Å². The van der Waals surface area contributed by atoms with Crippen molar-refractivity contribution in [1.29, 1.82) is 0 Å². The van der Waals surface area contributed by atoms with Gasteiger partial charge in [0.05, 0.1) is 26.2 Å². The van der Waals surface area contributed by atoms with Crippen molar-refractivity contribution in [2.75, 3.05) is 17.4 Å².